The standard InChI is InChI=1S/C11H18N4O2.ClH/c1-17-6-8(12)11(16)14-9-4-2-3-7-5-13-15-10(7)9;/h5,8-9H,2-4,6,12H2,1H3,(H,13,15)(H,14,16);1H. The van der Waals surface area contributed by atoms with Gasteiger partial charge in [0.25, 0.3) is 0 Å². The molecule has 1 aliphatic rings. The highest BCUT2D eigenvalue weighted by Crippen LogP contribution is 2.27. The van der Waals surface area contributed by atoms with E-state index >= 15 is 0 Å². The first-order chi connectivity index (χ1) is 8.22. The molecule has 0 spiro atoms. The molecule has 1 heterocycles. The van der Waals surface area contributed by atoms with Gasteiger partial charge in [0, 0.05) is 7.11 Å². The Kier molecular flexibility index (Phi) is 5.58. The summed E-state index contributed by atoms with van der Waals surface area (Å²) in [6.45, 7) is 0.231. The van der Waals surface area contributed by atoms with Crippen LogP contribution in [0.15, 0.2) is 6.20 Å². The third-order valence-corrected chi connectivity index (χ3v) is 3.04. The Morgan fingerprint density at radius 2 is 2.56 bits per heavy atom. The lowest BCUT2D eigenvalue weighted by Gasteiger charge is -2.24. The SMILES string of the molecule is COCC(N)C(=O)NC1CCCc2cn[nH]c21.Cl. The van der Waals surface area contributed by atoms with E-state index in [1.54, 1.807) is 0 Å². The van der Waals surface area contributed by atoms with Crippen molar-refractivity contribution in [2.75, 3.05) is 13.7 Å². The van der Waals surface area contributed by atoms with Gasteiger partial charge in [-0.1, -0.05) is 0 Å². The van der Waals surface area contributed by atoms with Gasteiger partial charge < -0.3 is 15.8 Å². The number of ether oxygens (including phenoxy) is 1. The molecule has 0 aromatic carbocycles. The van der Waals surface area contributed by atoms with Gasteiger partial charge in [-0.2, -0.15) is 5.10 Å². The molecule has 2 atom stereocenters. The zero-order valence-corrected chi connectivity index (χ0v) is 11.1. The number of carbonyl (C=O) groups excluding carboxylic acids is 1. The summed E-state index contributed by atoms with van der Waals surface area (Å²) in [5, 5.41) is 9.89. The predicted octanol–water partition coefficient (Wildman–Crippen LogP) is 0.299. The maximum atomic E-state index is 11.8. The molecule has 1 aliphatic carbocycles. The van der Waals surface area contributed by atoms with E-state index in [0.29, 0.717) is 0 Å². The van der Waals surface area contributed by atoms with Crippen molar-refractivity contribution in [2.24, 2.45) is 5.73 Å². The fourth-order valence-electron chi connectivity index (χ4n) is 2.14. The van der Waals surface area contributed by atoms with E-state index < -0.39 is 6.04 Å². The van der Waals surface area contributed by atoms with E-state index in [2.05, 4.69) is 15.5 Å². The van der Waals surface area contributed by atoms with Crippen LogP contribution in [0.4, 0.5) is 0 Å². The summed E-state index contributed by atoms with van der Waals surface area (Å²) in [4.78, 5) is 11.8. The van der Waals surface area contributed by atoms with Crippen LogP contribution in [-0.4, -0.2) is 35.9 Å². The number of amides is 1. The molecule has 2 rings (SSSR count). The highest BCUT2D eigenvalue weighted by atomic mass is 35.5. The van der Waals surface area contributed by atoms with Crippen LogP contribution < -0.4 is 11.1 Å². The highest BCUT2D eigenvalue weighted by molar-refractivity contribution is 5.85. The molecule has 1 aromatic rings. The Bertz CT molecular complexity index is 396. The molecule has 4 N–H and O–H groups in total. The topological polar surface area (TPSA) is 93.0 Å². The number of H-pyrrole nitrogens is 1. The molecule has 0 aliphatic heterocycles. The second kappa shape index (κ2) is 6.72. The zero-order valence-electron chi connectivity index (χ0n) is 10.3. The summed E-state index contributed by atoms with van der Waals surface area (Å²) in [5.41, 5.74) is 7.87. The van der Waals surface area contributed by atoms with Crippen LogP contribution in [0, 0.1) is 0 Å². The van der Waals surface area contributed by atoms with Gasteiger partial charge >= 0.3 is 0 Å². The minimum atomic E-state index is -0.617. The van der Waals surface area contributed by atoms with E-state index in [-0.39, 0.29) is 31.0 Å². The lowest BCUT2D eigenvalue weighted by atomic mass is 9.93. The molecule has 1 amide bonds. The van der Waals surface area contributed by atoms with Crippen molar-refractivity contribution in [3.8, 4) is 0 Å². The number of aromatic amines is 1. The van der Waals surface area contributed by atoms with Crippen molar-refractivity contribution < 1.29 is 9.53 Å². The van der Waals surface area contributed by atoms with Gasteiger partial charge in [0.1, 0.15) is 6.04 Å². The normalized spacial score (nSPS) is 19.6. The average Bonchev–Trinajstić information content (AvgIpc) is 2.78. The maximum Gasteiger partial charge on any atom is 0.239 e. The highest BCUT2D eigenvalue weighted by Gasteiger charge is 2.25. The summed E-state index contributed by atoms with van der Waals surface area (Å²) >= 11 is 0. The van der Waals surface area contributed by atoms with Crippen molar-refractivity contribution >= 4 is 18.3 Å². The van der Waals surface area contributed by atoms with E-state index in [1.165, 1.54) is 12.7 Å². The lowest BCUT2D eigenvalue weighted by molar-refractivity contribution is -0.124. The summed E-state index contributed by atoms with van der Waals surface area (Å²) in [6, 6.07) is -0.620. The Labute approximate surface area is 112 Å². The second-order valence-electron chi connectivity index (χ2n) is 4.32. The number of carbonyl (C=O) groups is 1. The molecule has 1 aromatic heterocycles. The predicted molar refractivity (Wildman–Crippen MR) is 69.5 cm³/mol. The van der Waals surface area contributed by atoms with Crippen molar-refractivity contribution in [1.82, 2.24) is 15.5 Å². The minimum Gasteiger partial charge on any atom is -0.383 e. The summed E-state index contributed by atoms with van der Waals surface area (Å²) < 4.78 is 4.86. The third kappa shape index (κ3) is 3.22. The van der Waals surface area contributed by atoms with Crippen molar-refractivity contribution in [2.45, 2.75) is 31.3 Å². The molecule has 2 unspecified atom stereocenters. The number of rotatable bonds is 4. The Morgan fingerprint density at radius 1 is 1.78 bits per heavy atom. The van der Waals surface area contributed by atoms with Crippen LogP contribution >= 0.6 is 12.4 Å². The van der Waals surface area contributed by atoms with Gasteiger partial charge in [0.15, 0.2) is 0 Å². The number of hydrogen-bond donors (Lipinski definition) is 3. The molecule has 0 bridgehead atoms. The molecule has 0 fully saturated rings. The van der Waals surface area contributed by atoms with Gasteiger partial charge in [-0.05, 0) is 24.8 Å². The molecule has 7 heteroatoms. The number of hydrogen-bond acceptors (Lipinski definition) is 4. The number of aromatic nitrogens is 2. The van der Waals surface area contributed by atoms with E-state index in [1.807, 2.05) is 6.20 Å². The third-order valence-electron chi connectivity index (χ3n) is 3.04. The second-order valence-corrected chi connectivity index (χ2v) is 4.32. The number of aryl methyl sites for hydroxylation is 1. The fourth-order valence-corrected chi connectivity index (χ4v) is 2.14. The zero-order chi connectivity index (χ0) is 12.3. The van der Waals surface area contributed by atoms with E-state index in [0.717, 1.165) is 25.0 Å². The number of halogens is 1. The summed E-state index contributed by atoms with van der Waals surface area (Å²) in [6.07, 6.45) is 4.81. The van der Waals surface area contributed by atoms with E-state index in [4.69, 9.17) is 10.5 Å². The Hall–Kier alpha value is -1.11. The number of fused-ring (bicyclic) bond motifs is 1. The van der Waals surface area contributed by atoms with Crippen LogP contribution in [0.3, 0.4) is 0 Å². The van der Waals surface area contributed by atoms with Crippen LogP contribution in [0.1, 0.15) is 30.1 Å². The monoisotopic (exact) mass is 274 g/mol. The first kappa shape index (κ1) is 14.9. The Morgan fingerprint density at radius 3 is 3.28 bits per heavy atom. The van der Waals surface area contributed by atoms with Crippen LogP contribution in [0.2, 0.25) is 0 Å². The first-order valence-electron chi connectivity index (χ1n) is 5.79. The number of nitrogens with zero attached hydrogens (tertiary/aromatic N) is 1. The molecule has 102 valence electrons. The first-order valence-corrected chi connectivity index (χ1v) is 5.79. The van der Waals surface area contributed by atoms with Gasteiger partial charge in [-0.25, -0.2) is 0 Å². The quantitative estimate of drug-likeness (QED) is 0.736. The number of nitrogens with two attached hydrogens (primary N) is 1. The molecule has 0 radical (unpaired) electrons. The minimum absolute atomic E-state index is 0. The van der Waals surface area contributed by atoms with Gasteiger partial charge in [-0.15, -0.1) is 12.4 Å². The lowest BCUT2D eigenvalue weighted by Crippen LogP contribution is -2.45. The van der Waals surface area contributed by atoms with Crippen LogP contribution in [-0.2, 0) is 16.0 Å². The molecule has 6 nitrogen and oxygen atoms in total. The molecule has 0 saturated carbocycles. The van der Waals surface area contributed by atoms with Crippen molar-refractivity contribution in [3.05, 3.63) is 17.5 Å². The number of nitrogens with one attached hydrogen (secondary N) is 2. The smallest absolute Gasteiger partial charge is 0.239 e. The average molecular weight is 275 g/mol. The number of methoxy groups -OCH3 is 1. The fraction of sp³-hybridized carbons (Fsp3) is 0.636. The van der Waals surface area contributed by atoms with Crippen LogP contribution in [0.25, 0.3) is 0 Å². The summed E-state index contributed by atoms with van der Waals surface area (Å²) in [5.74, 6) is -0.181. The molecule has 0 saturated heterocycles. The van der Waals surface area contributed by atoms with Crippen molar-refractivity contribution in [3.63, 3.8) is 0 Å². The van der Waals surface area contributed by atoms with Gasteiger partial charge in [0.2, 0.25) is 5.91 Å². The van der Waals surface area contributed by atoms with Gasteiger partial charge in [-0.3, -0.25) is 9.89 Å². The largest absolute Gasteiger partial charge is 0.383 e. The van der Waals surface area contributed by atoms with E-state index in [9.17, 15) is 4.79 Å². The molecular formula is C11H19ClN4O2. The maximum absolute atomic E-state index is 11.8. The molecular weight excluding hydrogens is 256 g/mol. The van der Waals surface area contributed by atoms with Crippen LogP contribution in [0.5, 0.6) is 0 Å². The van der Waals surface area contributed by atoms with Crippen molar-refractivity contribution in [1.29, 1.82) is 0 Å². The molecule has 18 heavy (non-hydrogen) atoms. The summed E-state index contributed by atoms with van der Waals surface area (Å²) in [7, 11) is 1.53. The Balaban J connectivity index is 0.00000162. The van der Waals surface area contributed by atoms with Gasteiger partial charge in [0.05, 0.1) is 24.5 Å².